The van der Waals surface area contributed by atoms with E-state index in [9.17, 15) is 4.79 Å². The van der Waals surface area contributed by atoms with Crippen LogP contribution in [0.25, 0.3) is 0 Å². The number of amides is 1. The smallest absolute Gasteiger partial charge is 0.251 e. The van der Waals surface area contributed by atoms with Gasteiger partial charge in [-0.2, -0.15) is 0 Å². The van der Waals surface area contributed by atoms with E-state index in [0.717, 1.165) is 33.8 Å². The molecule has 0 aliphatic carbocycles. The first-order chi connectivity index (χ1) is 14.9. The molecule has 0 spiro atoms. The Labute approximate surface area is 185 Å². The average molecular weight is 418 g/mol. The number of ether oxygens (including phenoxy) is 2. The first-order valence-corrected chi connectivity index (χ1v) is 10.7. The topological polar surface area (TPSA) is 47.6 Å². The molecule has 3 rings (SSSR count). The Hall–Kier alpha value is -3.27. The van der Waals surface area contributed by atoms with Gasteiger partial charge in [0.15, 0.2) is 0 Å². The molecule has 0 radical (unpaired) electrons. The van der Waals surface area contributed by atoms with Gasteiger partial charge in [-0.05, 0) is 81.1 Å². The van der Waals surface area contributed by atoms with Crippen molar-refractivity contribution in [1.82, 2.24) is 5.32 Å². The van der Waals surface area contributed by atoms with E-state index in [1.807, 2.05) is 62.4 Å². The summed E-state index contributed by atoms with van der Waals surface area (Å²) in [7, 11) is 0. The highest BCUT2D eigenvalue weighted by atomic mass is 16.5. The maximum atomic E-state index is 12.9. The molecule has 1 unspecified atom stereocenters. The molecular formula is C27H31NO3. The van der Waals surface area contributed by atoms with Gasteiger partial charge in [0.25, 0.3) is 5.91 Å². The largest absolute Gasteiger partial charge is 0.493 e. The number of benzene rings is 3. The van der Waals surface area contributed by atoms with Gasteiger partial charge in [0.1, 0.15) is 18.1 Å². The first-order valence-electron chi connectivity index (χ1n) is 10.7. The van der Waals surface area contributed by atoms with Crippen LogP contribution in [0.3, 0.4) is 0 Å². The van der Waals surface area contributed by atoms with Crippen molar-refractivity contribution >= 4 is 5.91 Å². The molecule has 1 amide bonds. The molecule has 1 atom stereocenters. The van der Waals surface area contributed by atoms with Crippen molar-refractivity contribution in [3.63, 3.8) is 0 Å². The molecule has 0 saturated carbocycles. The summed E-state index contributed by atoms with van der Waals surface area (Å²) in [5.41, 5.74) is 5.97. The minimum absolute atomic E-state index is 0.0853. The lowest BCUT2D eigenvalue weighted by molar-refractivity contribution is 0.0939. The van der Waals surface area contributed by atoms with Gasteiger partial charge < -0.3 is 14.8 Å². The van der Waals surface area contributed by atoms with Crippen LogP contribution in [0.4, 0.5) is 0 Å². The monoisotopic (exact) mass is 417 g/mol. The van der Waals surface area contributed by atoms with Gasteiger partial charge in [-0.25, -0.2) is 0 Å². The van der Waals surface area contributed by atoms with Crippen molar-refractivity contribution < 1.29 is 14.3 Å². The molecule has 4 nitrogen and oxygen atoms in total. The lowest BCUT2D eigenvalue weighted by Crippen LogP contribution is -2.26. The fraction of sp³-hybridized carbons (Fsp3) is 0.296. The van der Waals surface area contributed by atoms with E-state index in [-0.39, 0.29) is 11.9 Å². The summed E-state index contributed by atoms with van der Waals surface area (Å²) in [4.78, 5) is 12.9. The fourth-order valence-corrected chi connectivity index (χ4v) is 3.54. The van der Waals surface area contributed by atoms with Gasteiger partial charge in [0.2, 0.25) is 0 Å². The van der Waals surface area contributed by atoms with E-state index in [2.05, 4.69) is 32.2 Å². The zero-order valence-corrected chi connectivity index (χ0v) is 19.0. The third-order valence-electron chi connectivity index (χ3n) is 5.42. The van der Waals surface area contributed by atoms with Gasteiger partial charge >= 0.3 is 0 Å². The number of aryl methyl sites for hydroxylation is 2. The molecule has 0 aliphatic rings. The highest BCUT2D eigenvalue weighted by molar-refractivity contribution is 5.94. The van der Waals surface area contributed by atoms with Gasteiger partial charge in [-0.1, -0.05) is 36.4 Å². The second-order valence-corrected chi connectivity index (χ2v) is 7.85. The van der Waals surface area contributed by atoms with Crippen LogP contribution < -0.4 is 14.8 Å². The summed E-state index contributed by atoms with van der Waals surface area (Å²) in [5.74, 6) is 1.47. The summed E-state index contributed by atoms with van der Waals surface area (Å²) in [6.45, 7) is 11.0. The zero-order chi connectivity index (χ0) is 22.4. The highest BCUT2D eigenvalue weighted by Crippen LogP contribution is 2.27. The summed E-state index contributed by atoms with van der Waals surface area (Å²) in [5, 5.41) is 3.07. The van der Waals surface area contributed by atoms with Gasteiger partial charge in [0.05, 0.1) is 12.6 Å². The highest BCUT2D eigenvalue weighted by Gasteiger charge is 2.15. The first kappa shape index (κ1) is 22.4. The Morgan fingerprint density at radius 2 is 1.68 bits per heavy atom. The zero-order valence-electron chi connectivity index (χ0n) is 19.0. The third kappa shape index (κ3) is 5.66. The van der Waals surface area contributed by atoms with Crippen LogP contribution in [0.1, 0.15) is 58.1 Å². The summed E-state index contributed by atoms with van der Waals surface area (Å²) >= 11 is 0. The molecule has 0 heterocycles. The van der Waals surface area contributed by atoms with Crippen LogP contribution in [0.15, 0.2) is 60.7 Å². The quantitative estimate of drug-likeness (QED) is 0.483. The van der Waals surface area contributed by atoms with Gasteiger partial charge in [0, 0.05) is 11.1 Å². The van der Waals surface area contributed by atoms with Crippen LogP contribution in [0, 0.1) is 20.8 Å². The lowest BCUT2D eigenvalue weighted by atomic mass is 10.1. The SMILES string of the molecule is CCOc1ccc(C(=O)NC(C)c2ccccc2)cc1COc1cc(C)cc(C)c1C. The van der Waals surface area contributed by atoms with Crippen LogP contribution in [0.2, 0.25) is 0 Å². The molecule has 1 N–H and O–H groups in total. The van der Waals surface area contributed by atoms with Crippen LogP contribution in [0.5, 0.6) is 11.5 Å². The normalized spacial score (nSPS) is 11.6. The van der Waals surface area contributed by atoms with E-state index >= 15 is 0 Å². The van der Waals surface area contributed by atoms with Crippen LogP contribution in [-0.2, 0) is 6.61 Å². The Balaban J connectivity index is 1.79. The number of nitrogens with one attached hydrogen (secondary N) is 1. The minimum Gasteiger partial charge on any atom is -0.493 e. The molecule has 0 aliphatic heterocycles. The summed E-state index contributed by atoms with van der Waals surface area (Å²) < 4.78 is 11.9. The average Bonchev–Trinajstić information content (AvgIpc) is 2.76. The Bertz CT molecular complexity index is 1040. The lowest BCUT2D eigenvalue weighted by Gasteiger charge is -2.17. The Morgan fingerprint density at radius 3 is 2.39 bits per heavy atom. The minimum atomic E-state index is -0.122. The molecule has 3 aromatic rings. The fourth-order valence-electron chi connectivity index (χ4n) is 3.54. The molecule has 31 heavy (non-hydrogen) atoms. The predicted molar refractivity (Wildman–Crippen MR) is 125 cm³/mol. The Kier molecular flexibility index (Phi) is 7.35. The molecule has 0 aromatic heterocycles. The van der Waals surface area contributed by atoms with Crippen molar-refractivity contribution in [3.05, 3.63) is 94.0 Å². The van der Waals surface area contributed by atoms with E-state index < -0.39 is 0 Å². The molecule has 3 aromatic carbocycles. The van der Waals surface area contributed by atoms with Crippen molar-refractivity contribution in [2.75, 3.05) is 6.61 Å². The van der Waals surface area contributed by atoms with Crippen molar-refractivity contribution in [2.24, 2.45) is 0 Å². The molecule has 162 valence electrons. The van der Waals surface area contributed by atoms with Gasteiger partial charge in [-0.3, -0.25) is 4.79 Å². The molecule has 0 bridgehead atoms. The third-order valence-corrected chi connectivity index (χ3v) is 5.42. The van der Waals surface area contributed by atoms with E-state index in [1.165, 1.54) is 5.56 Å². The molecular weight excluding hydrogens is 386 g/mol. The van der Waals surface area contributed by atoms with Gasteiger partial charge in [-0.15, -0.1) is 0 Å². The number of hydrogen-bond acceptors (Lipinski definition) is 3. The Morgan fingerprint density at radius 1 is 0.935 bits per heavy atom. The van der Waals surface area contributed by atoms with E-state index in [4.69, 9.17) is 9.47 Å². The maximum Gasteiger partial charge on any atom is 0.251 e. The summed E-state index contributed by atoms with van der Waals surface area (Å²) in [6.07, 6.45) is 0. The summed E-state index contributed by atoms with van der Waals surface area (Å²) in [6, 6.07) is 19.5. The van der Waals surface area contributed by atoms with Crippen LogP contribution >= 0.6 is 0 Å². The molecule has 0 fully saturated rings. The van der Waals surface area contributed by atoms with E-state index in [0.29, 0.717) is 18.8 Å². The van der Waals surface area contributed by atoms with Crippen molar-refractivity contribution in [2.45, 2.75) is 47.3 Å². The molecule has 4 heteroatoms. The van der Waals surface area contributed by atoms with Crippen molar-refractivity contribution in [1.29, 1.82) is 0 Å². The van der Waals surface area contributed by atoms with Crippen molar-refractivity contribution in [3.8, 4) is 11.5 Å². The number of hydrogen-bond donors (Lipinski definition) is 1. The second-order valence-electron chi connectivity index (χ2n) is 7.85. The van der Waals surface area contributed by atoms with E-state index in [1.54, 1.807) is 6.07 Å². The number of rotatable bonds is 8. The number of carbonyl (C=O) groups is 1. The number of carbonyl (C=O) groups excluding carboxylic acids is 1. The van der Waals surface area contributed by atoms with Crippen LogP contribution in [-0.4, -0.2) is 12.5 Å². The predicted octanol–water partition coefficient (Wildman–Crippen LogP) is 6.08. The maximum absolute atomic E-state index is 12.9. The standard InChI is InChI=1S/C27H31NO3/c1-6-30-25-13-12-23(27(29)28-21(5)22-10-8-7-9-11-22)16-24(25)17-31-26-15-18(2)14-19(3)20(26)4/h7-16,21H,6,17H2,1-5H3,(H,28,29). The second kappa shape index (κ2) is 10.2. The molecule has 0 saturated heterocycles.